The van der Waals surface area contributed by atoms with Crippen molar-refractivity contribution in [2.45, 2.75) is 58.5 Å². The van der Waals surface area contributed by atoms with Crippen molar-refractivity contribution < 1.29 is 0 Å². The van der Waals surface area contributed by atoms with Crippen LogP contribution in [0.4, 0.5) is 0 Å². The van der Waals surface area contributed by atoms with Gasteiger partial charge in [-0.2, -0.15) is 0 Å². The van der Waals surface area contributed by atoms with Gasteiger partial charge in [0.15, 0.2) is 0 Å². The summed E-state index contributed by atoms with van der Waals surface area (Å²) >= 11 is 0. The van der Waals surface area contributed by atoms with Crippen LogP contribution >= 0.6 is 0 Å². The lowest BCUT2D eigenvalue weighted by Crippen LogP contribution is -2.35. The Kier molecular flexibility index (Phi) is 4.35. The molecule has 3 heterocycles. The van der Waals surface area contributed by atoms with Crippen LogP contribution in [-0.4, -0.2) is 26.4 Å². The Morgan fingerprint density at radius 3 is 2.93 bits per heavy atom. The van der Waals surface area contributed by atoms with E-state index in [0.717, 1.165) is 55.5 Å². The monoisotopic (exact) mass is 376 g/mol. The normalized spacial score (nSPS) is 17.4. The Morgan fingerprint density at radius 2 is 2.14 bits per heavy atom. The maximum atomic E-state index is 12.5. The van der Waals surface area contributed by atoms with Gasteiger partial charge in [-0.1, -0.05) is 26.0 Å². The number of nitrogens with one attached hydrogen (secondary N) is 2. The summed E-state index contributed by atoms with van der Waals surface area (Å²) in [5.41, 5.74) is 5.83. The Hall–Kier alpha value is -2.40. The van der Waals surface area contributed by atoms with E-state index in [9.17, 15) is 4.79 Å². The SMILES string of the molecule is CC(C)c1ccc2c(CN3CCc4c(nc(CC5CC5)[nH]c4=O)C3)c[nH]c2c1. The predicted octanol–water partition coefficient (Wildman–Crippen LogP) is 3.89. The number of aromatic nitrogens is 3. The molecule has 0 unspecified atom stereocenters. The van der Waals surface area contributed by atoms with Gasteiger partial charge in [-0.3, -0.25) is 9.69 Å². The van der Waals surface area contributed by atoms with Gasteiger partial charge in [0.25, 0.3) is 5.56 Å². The van der Waals surface area contributed by atoms with Crippen molar-refractivity contribution in [3.05, 3.63) is 63.0 Å². The van der Waals surface area contributed by atoms with E-state index in [0.29, 0.717) is 5.92 Å². The maximum absolute atomic E-state index is 12.5. The molecule has 5 nitrogen and oxygen atoms in total. The quantitative estimate of drug-likeness (QED) is 0.710. The molecule has 1 fully saturated rings. The maximum Gasteiger partial charge on any atom is 0.254 e. The van der Waals surface area contributed by atoms with Crippen LogP contribution in [0.3, 0.4) is 0 Å². The van der Waals surface area contributed by atoms with Crippen LogP contribution in [0.1, 0.15) is 60.8 Å². The molecule has 1 aromatic carbocycles. The minimum Gasteiger partial charge on any atom is -0.361 e. The van der Waals surface area contributed by atoms with E-state index in [1.54, 1.807) is 0 Å². The molecular weight excluding hydrogens is 348 g/mol. The smallest absolute Gasteiger partial charge is 0.254 e. The number of aromatic amines is 2. The highest BCUT2D eigenvalue weighted by Crippen LogP contribution is 2.32. The van der Waals surface area contributed by atoms with Crippen molar-refractivity contribution >= 4 is 10.9 Å². The molecule has 0 amide bonds. The Bertz CT molecular complexity index is 1070. The minimum atomic E-state index is 0.0774. The fourth-order valence-corrected chi connectivity index (χ4v) is 4.31. The van der Waals surface area contributed by atoms with Crippen molar-refractivity contribution in [1.29, 1.82) is 0 Å². The average Bonchev–Trinajstić information content (AvgIpc) is 3.40. The highest BCUT2D eigenvalue weighted by molar-refractivity contribution is 5.83. The lowest BCUT2D eigenvalue weighted by atomic mass is 10.0. The molecule has 1 saturated carbocycles. The van der Waals surface area contributed by atoms with E-state index >= 15 is 0 Å². The second kappa shape index (κ2) is 6.89. The second-order valence-corrected chi connectivity index (χ2v) is 8.82. The lowest BCUT2D eigenvalue weighted by molar-refractivity contribution is 0.241. The predicted molar refractivity (Wildman–Crippen MR) is 111 cm³/mol. The first kappa shape index (κ1) is 17.7. The van der Waals surface area contributed by atoms with Gasteiger partial charge in [-0.25, -0.2) is 4.98 Å². The summed E-state index contributed by atoms with van der Waals surface area (Å²) in [5, 5.41) is 1.29. The van der Waals surface area contributed by atoms with Crippen LogP contribution in [-0.2, 0) is 25.9 Å². The topological polar surface area (TPSA) is 64.8 Å². The number of fused-ring (bicyclic) bond motifs is 2. The van der Waals surface area contributed by atoms with E-state index in [1.165, 1.54) is 34.9 Å². The van der Waals surface area contributed by atoms with Crippen molar-refractivity contribution in [1.82, 2.24) is 19.9 Å². The van der Waals surface area contributed by atoms with E-state index < -0.39 is 0 Å². The molecule has 2 N–H and O–H groups in total. The van der Waals surface area contributed by atoms with E-state index in [1.807, 2.05) is 0 Å². The summed E-state index contributed by atoms with van der Waals surface area (Å²) in [4.78, 5) is 26.1. The van der Waals surface area contributed by atoms with Gasteiger partial charge in [0.2, 0.25) is 0 Å². The summed E-state index contributed by atoms with van der Waals surface area (Å²) in [6.07, 6.45) is 6.37. The van der Waals surface area contributed by atoms with Crippen LogP contribution in [0, 0.1) is 5.92 Å². The molecule has 3 aromatic rings. The van der Waals surface area contributed by atoms with Crippen molar-refractivity contribution in [3.8, 4) is 0 Å². The van der Waals surface area contributed by atoms with Gasteiger partial charge < -0.3 is 9.97 Å². The molecule has 1 aliphatic carbocycles. The molecule has 2 aromatic heterocycles. The molecule has 0 atom stereocenters. The van der Waals surface area contributed by atoms with Crippen LogP contribution in [0.2, 0.25) is 0 Å². The Balaban J connectivity index is 1.37. The highest BCUT2D eigenvalue weighted by Gasteiger charge is 2.25. The fraction of sp³-hybridized carbons (Fsp3) is 0.478. The molecule has 146 valence electrons. The first-order valence-electron chi connectivity index (χ1n) is 10.5. The molecule has 2 aliphatic rings. The molecule has 5 heteroatoms. The Labute approximate surface area is 165 Å². The number of rotatable bonds is 5. The molecule has 0 spiro atoms. The first-order valence-corrected chi connectivity index (χ1v) is 10.5. The number of nitrogens with zero attached hydrogens (tertiary/aromatic N) is 2. The van der Waals surface area contributed by atoms with Gasteiger partial charge in [-0.15, -0.1) is 0 Å². The number of hydrogen-bond acceptors (Lipinski definition) is 3. The largest absolute Gasteiger partial charge is 0.361 e. The van der Waals surface area contributed by atoms with Gasteiger partial charge in [0.1, 0.15) is 5.82 Å². The summed E-state index contributed by atoms with van der Waals surface area (Å²) in [6.45, 7) is 6.99. The summed E-state index contributed by atoms with van der Waals surface area (Å²) in [7, 11) is 0. The summed E-state index contributed by atoms with van der Waals surface area (Å²) in [6, 6.07) is 6.74. The van der Waals surface area contributed by atoms with Gasteiger partial charge in [0, 0.05) is 48.7 Å². The summed E-state index contributed by atoms with van der Waals surface area (Å²) < 4.78 is 0. The zero-order chi connectivity index (χ0) is 19.3. The van der Waals surface area contributed by atoms with E-state index in [2.05, 4.69) is 53.1 Å². The lowest BCUT2D eigenvalue weighted by Gasteiger charge is -2.27. The number of benzene rings is 1. The molecule has 0 bridgehead atoms. The first-order chi connectivity index (χ1) is 13.6. The van der Waals surface area contributed by atoms with Crippen LogP contribution < -0.4 is 5.56 Å². The highest BCUT2D eigenvalue weighted by atomic mass is 16.1. The van der Waals surface area contributed by atoms with Crippen LogP contribution in [0.5, 0.6) is 0 Å². The third-order valence-electron chi connectivity index (χ3n) is 6.23. The molecule has 1 aliphatic heterocycles. The third-order valence-corrected chi connectivity index (χ3v) is 6.23. The average molecular weight is 377 g/mol. The minimum absolute atomic E-state index is 0.0774. The molecular formula is C23H28N4O. The number of H-pyrrole nitrogens is 2. The van der Waals surface area contributed by atoms with Gasteiger partial charge >= 0.3 is 0 Å². The van der Waals surface area contributed by atoms with Gasteiger partial charge in [0.05, 0.1) is 5.69 Å². The third kappa shape index (κ3) is 3.39. The van der Waals surface area contributed by atoms with E-state index in [-0.39, 0.29) is 5.56 Å². The van der Waals surface area contributed by atoms with Crippen LogP contribution in [0.15, 0.2) is 29.2 Å². The second-order valence-electron chi connectivity index (χ2n) is 8.82. The van der Waals surface area contributed by atoms with Crippen molar-refractivity contribution in [3.63, 3.8) is 0 Å². The van der Waals surface area contributed by atoms with Crippen molar-refractivity contribution in [2.75, 3.05) is 6.54 Å². The zero-order valence-electron chi connectivity index (χ0n) is 16.7. The molecule has 5 rings (SSSR count). The molecule has 28 heavy (non-hydrogen) atoms. The standard InChI is InChI=1S/C23H28N4O/c1-14(2)16-5-6-18-17(11-24-20(18)10-16)12-27-8-7-19-21(13-27)25-22(26-23(19)28)9-15-3-4-15/h5-6,10-11,14-15,24H,3-4,7-9,12-13H2,1-2H3,(H,25,26,28). The number of hydrogen-bond donors (Lipinski definition) is 2. The van der Waals surface area contributed by atoms with Gasteiger partial charge in [-0.05, 0) is 48.3 Å². The molecule has 0 radical (unpaired) electrons. The molecule has 0 saturated heterocycles. The van der Waals surface area contributed by atoms with E-state index in [4.69, 9.17) is 4.98 Å². The van der Waals surface area contributed by atoms with Crippen LogP contribution in [0.25, 0.3) is 10.9 Å². The fourth-order valence-electron chi connectivity index (χ4n) is 4.31. The summed E-state index contributed by atoms with van der Waals surface area (Å²) in [5.74, 6) is 2.13. The Morgan fingerprint density at radius 1 is 1.29 bits per heavy atom. The zero-order valence-corrected chi connectivity index (χ0v) is 16.7. The van der Waals surface area contributed by atoms with Crippen molar-refractivity contribution in [2.24, 2.45) is 5.92 Å².